The molecular weight excluding hydrogens is 212 g/mol. The van der Waals surface area contributed by atoms with Crippen molar-refractivity contribution in [2.24, 2.45) is 5.92 Å². The summed E-state index contributed by atoms with van der Waals surface area (Å²) in [5, 5.41) is 0. The Morgan fingerprint density at radius 1 is 1.25 bits per heavy atom. The number of hydrogen-bond acceptors (Lipinski definition) is 5. The Kier molecular flexibility index (Phi) is 4.73. The van der Waals surface area contributed by atoms with Gasteiger partial charge >= 0.3 is 11.9 Å². The lowest BCUT2D eigenvalue weighted by molar-refractivity contribution is -0.214. The highest BCUT2D eigenvalue weighted by Gasteiger charge is 2.29. The maximum absolute atomic E-state index is 10.8. The number of carbonyl (C=O) groups is 2. The van der Waals surface area contributed by atoms with Gasteiger partial charge in [0.15, 0.2) is 0 Å². The molecule has 0 aromatic carbocycles. The minimum Gasteiger partial charge on any atom is -0.463 e. The predicted molar refractivity (Wildman–Crippen MR) is 55.5 cm³/mol. The van der Waals surface area contributed by atoms with Crippen LogP contribution in [0.1, 0.15) is 33.6 Å². The molecule has 5 nitrogen and oxygen atoms in total. The molecule has 0 bridgehead atoms. The van der Waals surface area contributed by atoms with E-state index in [0.29, 0.717) is 12.3 Å². The van der Waals surface area contributed by atoms with Crippen molar-refractivity contribution in [1.82, 2.24) is 0 Å². The van der Waals surface area contributed by atoms with Crippen molar-refractivity contribution in [1.29, 1.82) is 0 Å². The lowest BCUT2D eigenvalue weighted by Crippen LogP contribution is -2.37. The van der Waals surface area contributed by atoms with Crippen LogP contribution in [0.3, 0.4) is 0 Å². The molecule has 0 radical (unpaired) electrons. The van der Waals surface area contributed by atoms with E-state index in [1.165, 1.54) is 13.8 Å². The number of hydrogen-bond donors (Lipinski definition) is 0. The van der Waals surface area contributed by atoms with Crippen LogP contribution in [0.4, 0.5) is 0 Å². The molecule has 3 atom stereocenters. The minimum absolute atomic E-state index is 0.183. The highest BCUT2D eigenvalue weighted by molar-refractivity contribution is 5.66. The summed E-state index contributed by atoms with van der Waals surface area (Å²) < 4.78 is 15.4. The third-order valence-electron chi connectivity index (χ3n) is 2.37. The fourth-order valence-electron chi connectivity index (χ4n) is 1.78. The zero-order chi connectivity index (χ0) is 12.1. The molecule has 0 spiro atoms. The lowest BCUT2D eigenvalue weighted by atomic mass is 9.97. The number of carbonyl (C=O) groups excluding carboxylic acids is 2. The zero-order valence-corrected chi connectivity index (χ0v) is 9.89. The maximum atomic E-state index is 10.8. The third kappa shape index (κ3) is 4.61. The van der Waals surface area contributed by atoms with E-state index < -0.39 is 6.29 Å². The van der Waals surface area contributed by atoms with Crippen LogP contribution in [-0.2, 0) is 23.8 Å². The number of esters is 2. The van der Waals surface area contributed by atoms with Gasteiger partial charge in [-0.15, -0.1) is 0 Å². The van der Waals surface area contributed by atoms with E-state index in [-0.39, 0.29) is 24.6 Å². The summed E-state index contributed by atoms with van der Waals surface area (Å²) in [6.45, 7) is 4.98. The second kappa shape index (κ2) is 5.84. The van der Waals surface area contributed by atoms with Gasteiger partial charge in [0.05, 0.1) is 6.10 Å². The first-order valence-electron chi connectivity index (χ1n) is 5.43. The van der Waals surface area contributed by atoms with Gasteiger partial charge in [-0.05, 0) is 12.3 Å². The van der Waals surface area contributed by atoms with Crippen molar-refractivity contribution < 1.29 is 23.8 Å². The van der Waals surface area contributed by atoms with Crippen molar-refractivity contribution in [2.75, 3.05) is 6.61 Å². The van der Waals surface area contributed by atoms with Crippen molar-refractivity contribution in [3.8, 4) is 0 Å². The Morgan fingerprint density at radius 2 is 1.94 bits per heavy atom. The Hall–Kier alpha value is -1.10. The third-order valence-corrected chi connectivity index (χ3v) is 2.37. The van der Waals surface area contributed by atoms with Gasteiger partial charge in [0.1, 0.15) is 6.61 Å². The summed E-state index contributed by atoms with van der Waals surface area (Å²) in [7, 11) is 0. The smallest absolute Gasteiger partial charge is 0.304 e. The van der Waals surface area contributed by atoms with E-state index in [1.807, 2.05) is 0 Å². The Morgan fingerprint density at radius 3 is 2.50 bits per heavy atom. The molecule has 0 unspecified atom stereocenters. The van der Waals surface area contributed by atoms with Crippen molar-refractivity contribution in [2.45, 2.75) is 46.0 Å². The number of ether oxygens (including phenoxy) is 3. The van der Waals surface area contributed by atoms with E-state index in [2.05, 4.69) is 6.92 Å². The first-order chi connectivity index (χ1) is 7.47. The molecule has 0 aliphatic carbocycles. The summed E-state index contributed by atoms with van der Waals surface area (Å²) in [6, 6.07) is 0. The SMILES string of the molecule is CC(=O)OC[C@@H]1C[C@H](C)C[C@H](OC(C)=O)O1. The molecule has 1 rings (SSSR count). The van der Waals surface area contributed by atoms with Crippen LogP contribution in [-0.4, -0.2) is 30.9 Å². The van der Waals surface area contributed by atoms with Crippen LogP contribution in [0.15, 0.2) is 0 Å². The molecular formula is C11H18O5. The van der Waals surface area contributed by atoms with Crippen LogP contribution in [0.2, 0.25) is 0 Å². The van der Waals surface area contributed by atoms with Crippen molar-refractivity contribution in [3.05, 3.63) is 0 Å². The molecule has 1 saturated heterocycles. The largest absolute Gasteiger partial charge is 0.463 e. The molecule has 1 heterocycles. The van der Waals surface area contributed by atoms with Gasteiger partial charge in [0.2, 0.25) is 6.29 Å². The number of rotatable bonds is 3. The van der Waals surface area contributed by atoms with Crippen LogP contribution in [0, 0.1) is 5.92 Å². The van der Waals surface area contributed by atoms with Gasteiger partial charge < -0.3 is 14.2 Å². The van der Waals surface area contributed by atoms with Crippen molar-refractivity contribution in [3.63, 3.8) is 0 Å². The fourth-order valence-corrected chi connectivity index (χ4v) is 1.78. The summed E-state index contributed by atoms with van der Waals surface area (Å²) in [5.74, 6) is -0.296. The van der Waals surface area contributed by atoms with Crippen LogP contribution < -0.4 is 0 Å². The quantitative estimate of drug-likeness (QED) is 0.683. The highest BCUT2D eigenvalue weighted by Crippen LogP contribution is 2.25. The molecule has 1 aliphatic heterocycles. The van der Waals surface area contributed by atoms with E-state index in [9.17, 15) is 9.59 Å². The van der Waals surface area contributed by atoms with Crippen LogP contribution >= 0.6 is 0 Å². The topological polar surface area (TPSA) is 61.8 Å². The van der Waals surface area contributed by atoms with E-state index in [4.69, 9.17) is 14.2 Å². The fraction of sp³-hybridized carbons (Fsp3) is 0.818. The second-order valence-electron chi connectivity index (χ2n) is 4.18. The van der Waals surface area contributed by atoms with Gasteiger partial charge in [-0.2, -0.15) is 0 Å². The van der Waals surface area contributed by atoms with Gasteiger partial charge in [0, 0.05) is 20.3 Å². The van der Waals surface area contributed by atoms with E-state index in [1.54, 1.807) is 0 Å². The molecule has 0 aromatic heterocycles. The minimum atomic E-state index is -0.512. The summed E-state index contributed by atoms with van der Waals surface area (Å²) in [5.41, 5.74) is 0. The molecule has 16 heavy (non-hydrogen) atoms. The zero-order valence-electron chi connectivity index (χ0n) is 9.89. The monoisotopic (exact) mass is 230 g/mol. The molecule has 5 heteroatoms. The molecule has 0 saturated carbocycles. The maximum Gasteiger partial charge on any atom is 0.304 e. The summed E-state index contributed by atoms with van der Waals surface area (Å²) in [6.07, 6.45) is 0.806. The van der Waals surface area contributed by atoms with Crippen LogP contribution in [0.25, 0.3) is 0 Å². The molecule has 0 aromatic rings. The lowest BCUT2D eigenvalue weighted by Gasteiger charge is -2.32. The van der Waals surface area contributed by atoms with Gasteiger partial charge in [-0.3, -0.25) is 9.59 Å². The Bertz CT molecular complexity index is 263. The molecule has 0 N–H and O–H groups in total. The summed E-state index contributed by atoms with van der Waals surface area (Å²) >= 11 is 0. The molecule has 0 amide bonds. The average Bonchev–Trinajstić information content (AvgIpc) is 2.12. The van der Waals surface area contributed by atoms with Crippen molar-refractivity contribution >= 4 is 11.9 Å². The first kappa shape index (κ1) is 13.0. The molecule has 1 fully saturated rings. The Labute approximate surface area is 95.0 Å². The van der Waals surface area contributed by atoms with E-state index >= 15 is 0 Å². The highest BCUT2D eigenvalue weighted by atomic mass is 16.7. The predicted octanol–water partition coefficient (Wildman–Crippen LogP) is 1.25. The first-order valence-corrected chi connectivity index (χ1v) is 5.43. The normalized spacial score (nSPS) is 29.6. The Balaban J connectivity index is 2.40. The summed E-state index contributed by atoms with van der Waals surface area (Å²) in [4.78, 5) is 21.5. The molecule has 92 valence electrons. The average molecular weight is 230 g/mol. The van der Waals surface area contributed by atoms with Gasteiger partial charge in [-0.1, -0.05) is 6.92 Å². The molecule has 1 aliphatic rings. The van der Waals surface area contributed by atoms with Crippen LogP contribution in [0.5, 0.6) is 0 Å². The standard InChI is InChI=1S/C11H18O5/c1-7-4-10(6-14-8(2)12)16-11(5-7)15-9(3)13/h7,10-11H,4-6H2,1-3H3/t7-,10-,11+/m0/s1. The van der Waals surface area contributed by atoms with Gasteiger partial charge in [-0.25, -0.2) is 0 Å². The second-order valence-corrected chi connectivity index (χ2v) is 4.18. The van der Waals surface area contributed by atoms with E-state index in [0.717, 1.165) is 6.42 Å². The van der Waals surface area contributed by atoms with Gasteiger partial charge in [0.25, 0.3) is 0 Å².